The van der Waals surface area contributed by atoms with Crippen LogP contribution in [0.4, 0.5) is 4.39 Å². The molecular formula is C22H18Cl2FNO3. The van der Waals surface area contributed by atoms with E-state index >= 15 is 0 Å². The first kappa shape index (κ1) is 18.9. The van der Waals surface area contributed by atoms with Crippen molar-refractivity contribution in [2.24, 2.45) is 5.92 Å². The van der Waals surface area contributed by atoms with Crippen molar-refractivity contribution in [2.75, 3.05) is 6.61 Å². The standard InChI is InChI=1S/C22H18Cl2FNO3/c23-12-2-1-11(19(24)5-12)9-26-20-3-4-29-10-18(20)16-7-13(25)6-15(21(16)26)14-8-17(14)22(27)28/h1-2,5-7,14,17H,3-4,8-10H2,(H,27,28). The second kappa shape index (κ2) is 7.01. The minimum Gasteiger partial charge on any atom is -0.481 e. The Labute approximate surface area is 176 Å². The molecule has 7 heteroatoms. The topological polar surface area (TPSA) is 51.5 Å². The van der Waals surface area contributed by atoms with Gasteiger partial charge in [-0.25, -0.2) is 4.39 Å². The Morgan fingerprint density at radius 1 is 1.28 bits per heavy atom. The van der Waals surface area contributed by atoms with Gasteiger partial charge in [-0.05, 0) is 41.8 Å². The average molecular weight is 434 g/mol. The number of carboxylic acids is 1. The Morgan fingerprint density at radius 3 is 2.83 bits per heavy atom. The van der Waals surface area contributed by atoms with Crippen LogP contribution >= 0.6 is 23.2 Å². The van der Waals surface area contributed by atoms with Crippen molar-refractivity contribution in [1.29, 1.82) is 0 Å². The molecule has 0 saturated heterocycles. The molecule has 1 aromatic heterocycles. The molecule has 3 aromatic rings. The molecule has 0 radical (unpaired) electrons. The highest BCUT2D eigenvalue weighted by Gasteiger charge is 2.46. The lowest BCUT2D eigenvalue weighted by atomic mass is 10.0. The van der Waals surface area contributed by atoms with Gasteiger partial charge in [0.1, 0.15) is 5.82 Å². The summed E-state index contributed by atoms with van der Waals surface area (Å²) in [7, 11) is 0. The Bertz CT molecular complexity index is 1160. The first-order chi connectivity index (χ1) is 13.9. The van der Waals surface area contributed by atoms with Gasteiger partial charge in [-0.15, -0.1) is 0 Å². The van der Waals surface area contributed by atoms with Gasteiger partial charge in [0.25, 0.3) is 0 Å². The molecule has 1 aliphatic carbocycles. The Kier molecular flexibility index (Phi) is 4.57. The lowest BCUT2D eigenvalue weighted by Gasteiger charge is -2.18. The summed E-state index contributed by atoms with van der Waals surface area (Å²) < 4.78 is 22.3. The third-order valence-electron chi connectivity index (χ3n) is 5.95. The number of hydrogen-bond acceptors (Lipinski definition) is 2. The molecule has 2 heterocycles. The summed E-state index contributed by atoms with van der Waals surface area (Å²) in [5.41, 5.74) is 4.62. The molecule has 2 unspecified atom stereocenters. The van der Waals surface area contributed by atoms with Crippen molar-refractivity contribution < 1.29 is 19.0 Å². The van der Waals surface area contributed by atoms with Gasteiger partial charge in [0.05, 0.1) is 24.6 Å². The largest absolute Gasteiger partial charge is 0.481 e. The van der Waals surface area contributed by atoms with Gasteiger partial charge in [0.15, 0.2) is 0 Å². The molecule has 1 fully saturated rings. The zero-order chi connectivity index (χ0) is 20.3. The number of aliphatic carboxylic acids is 1. The quantitative estimate of drug-likeness (QED) is 0.599. The smallest absolute Gasteiger partial charge is 0.307 e. The van der Waals surface area contributed by atoms with Gasteiger partial charge in [-0.3, -0.25) is 4.79 Å². The first-order valence-electron chi connectivity index (χ1n) is 9.52. The zero-order valence-electron chi connectivity index (χ0n) is 15.4. The molecule has 0 bridgehead atoms. The van der Waals surface area contributed by atoms with Crippen LogP contribution in [-0.4, -0.2) is 22.2 Å². The number of carboxylic acid groups (broad SMARTS) is 1. The van der Waals surface area contributed by atoms with Gasteiger partial charge in [0.2, 0.25) is 0 Å². The molecule has 2 atom stereocenters. The summed E-state index contributed by atoms with van der Waals surface area (Å²) in [6, 6.07) is 8.42. The molecule has 5 rings (SSSR count). The predicted octanol–water partition coefficient (Wildman–Crippen LogP) is 5.40. The molecule has 150 valence electrons. The van der Waals surface area contributed by atoms with Crippen LogP contribution in [0.3, 0.4) is 0 Å². The monoisotopic (exact) mass is 433 g/mol. The lowest BCUT2D eigenvalue weighted by Crippen LogP contribution is -2.14. The van der Waals surface area contributed by atoms with Crippen molar-refractivity contribution in [3.05, 3.63) is 68.6 Å². The maximum absolute atomic E-state index is 14.5. The van der Waals surface area contributed by atoms with E-state index in [1.165, 1.54) is 12.1 Å². The van der Waals surface area contributed by atoms with Crippen molar-refractivity contribution >= 4 is 40.1 Å². The van der Waals surface area contributed by atoms with Gasteiger partial charge in [-0.2, -0.15) is 0 Å². The number of aromatic nitrogens is 1. The summed E-state index contributed by atoms with van der Waals surface area (Å²) in [4.78, 5) is 11.5. The van der Waals surface area contributed by atoms with E-state index in [0.717, 1.165) is 33.3 Å². The van der Waals surface area contributed by atoms with E-state index in [1.54, 1.807) is 12.1 Å². The van der Waals surface area contributed by atoms with E-state index < -0.39 is 11.9 Å². The first-order valence-corrected chi connectivity index (χ1v) is 10.3. The molecule has 4 nitrogen and oxygen atoms in total. The highest BCUT2D eigenvalue weighted by Crippen LogP contribution is 2.51. The summed E-state index contributed by atoms with van der Waals surface area (Å²) in [5.74, 6) is -1.82. The third-order valence-corrected chi connectivity index (χ3v) is 6.54. The van der Waals surface area contributed by atoms with E-state index in [4.69, 9.17) is 27.9 Å². The van der Waals surface area contributed by atoms with Crippen LogP contribution in [0.25, 0.3) is 10.9 Å². The Morgan fingerprint density at radius 2 is 2.10 bits per heavy atom. The molecule has 0 spiro atoms. The number of benzene rings is 2. The summed E-state index contributed by atoms with van der Waals surface area (Å²) in [6.45, 7) is 1.52. The van der Waals surface area contributed by atoms with E-state index in [0.29, 0.717) is 42.6 Å². The Balaban J connectivity index is 1.72. The van der Waals surface area contributed by atoms with E-state index in [-0.39, 0.29) is 11.7 Å². The highest BCUT2D eigenvalue weighted by atomic mass is 35.5. The van der Waals surface area contributed by atoms with Crippen LogP contribution in [0.2, 0.25) is 10.0 Å². The minimum absolute atomic E-state index is 0.178. The molecule has 2 aromatic carbocycles. The number of rotatable bonds is 4. The van der Waals surface area contributed by atoms with Crippen LogP contribution in [-0.2, 0) is 29.1 Å². The third kappa shape index (κ3) is 3.21. The fourth-order valence-corrected chi connectivity index (χ4v) is 4.95. The number of nitrogens with zero attached hydrogens (tertiary/aromatic N) is 1. The molecule has 0 amide bonds. The molecule has 1 N–H and O–H groups in total. The maximum atomic E-state index is 14.5. The fraction of sp³-hybridized carbons (Fsp3) is 0.318. The van der Waals surface area contributed by atoms with Crippen molar-refractivity contribution in [1.82, 2.24) is 4.57 Å². The number of halogens is 3. The summed E-state index contributed by atoms with van der Waals surface area (Å²) in [6.07, 6.45) is 1.24. The molecule has 1 saturated carbocycles. The summed E-state index contributed by atoms with van der Waals surface area (Å²) >= 11 is 12.5. The predicted molar refractivity (Wildman–Crippen MR) is 109 cm³/mol. The highest BCUT2D eigenvalue weighted by molar-refractivity contribution is 6.35. The van der Waals surface area contributed by atoms with Gasteiger partial charge >= 0.3 is 5.97 Å². The minimum atomic E-state index is -0.834. The van der Waals surface area contributed by atoms with E-state index in [1.807, 2.05) is 6.07 Å². The van der Waals surface area contributed by atoms with Gasteiger partial charge in [0, 0.05) is 45.6 Å². The normalized spacial score (nSPS) is 20.7. The number of ether oxygens (including phenoxy) is 1. The van der Waals surface area contributed by atoms with Gasteiger partial charge < -0.3 is 14.4 Å². The molecule has 1 aliphatic heterocycles. The lowest BCUT2D eigenvalue weighted by molar-refractivity contribution is -0.138. The average Bonchev–Trinajstić information content (AvgIpc) is 3.43. The van der Waals surface area contributed by atoms with Crippen LogP contribution < -0.4 is 0 Å². The number of hydrogen-bond donors (Lipinski definition) is 1. The maximum Gasteiger partial charge on any atom is 0.307 e. The number of carbonyl (C=O) groups is 1. The van der Waals surface area contributed by atoms with Crippen molar-refractivity contribution in [2.45, 2.75) is 31.9 Å². The Hall–Kier alpha value is -2.08. The number of fused-ring (bicyclic) bond motifs is 3. The molecular weight excluding hydrogens is 416 g/mol. The van der Waals surface area contributed by atoms with E-state index in [2.05, 4.69) is 4.57 Å². The molecule has 2 aliphatic rings. The molecule has 29 heavy (non-hydrogen) atoms. The van der Waals surface area contributed by atoms with Crippen LogP contribution in [0.15, 0.2) is 30.3 Å². The van der Waals surface area contributed by atoms with Crippen molar-refractivity contribution in [3.8, 4) is 0 Å². The van der Waals surface area contributed by atoms with Crippen LogP contribution in [0, 0.1) is 11.7 Å². The fourth-order valence-electron chi connectivity index (χ4n) is 4.48. The second-order valence-electron chi connectivity index (χ2n) is 7.73. The van der Waals surface area contributed by atoms with E-state index in [9.17, 15) is 14.3 Å². The second-order valence-corrected chi connectivity index (χ2v) is 8.57. The van der Waals surface area contributed by atoms with Crippen LogP contribution in [0.1, 0.15) is 34.7 Å². The van der Waals surface area contributed by atoms with Crippen molar-refractivity contribution in [3.63, 3.8) is 0 Å². The zero-order valence-corrected chi connectivity index (χ0v) is 16.9. The van der Waals surface area contributed by atoms with Crippen LogP contribution in [0.5, 0.6) is 0 Å². The summed E-state index contributed by atoms with van der Waals surface area (Å²) in [5, 5.41) is 11.3. The van der Waals surface area contributed by atoms with Gasteiger partial charge in [-0.1, -0.05) is 29.3 Å². The SMILES string of the molecule is O=C(O)C1CC1c1cc(F)cc2c3c(n(Cc4ccc(Cl)cc4Cl)c12)CCOC3.